The van der Waals surface area contributed by atoms with Crippen LogP contribution >= 0.6 is 0 Å². The minimum Gasteiger partial charge on any atom is -0.401 e. The summed E-state index contributed by atoms with van der Waals surface area (Å²) >= 11 is 0. The highest BCUT2D eigenvalue weighted by Gasteiger charge is 2.53. The van der Waals surface area contributed by atoms with E-state index in [2.05, 4.69) is 176 Å². The van der Waals surface area contributed by atoms with Crippen molar-refractivity contribution in [3.63, 3.8) is 0 Å². The van der Waals surface area contributed by atoms with Crippen LogP contribution in [0.3, 0.4) is 0 Å². The number of benzene rings is 8. The Labute approximate surface area is 333 Å². The molecule has 0 radical (unpaired) electrons. The van der Waals surface area contributed by atoms with Gasteiger partial charge in [-0.25, -0.2) is 0 Å². The summed E-state index contributed by atoms with van der Waals surface area (Å²) in [6.45, 7) is 2.01. The maximum atomic E-state index is 6.89. The van der Waals surface area contributed by atoms with Gasteiger partial charge in [0.2, 0.25) is 0 Å². The van der Waals surface area contributed by atoms with Crippen molar-refractivity contribution in [1.82, 2.24) is 0 Å². The number of fused-ring (bicyclic) bond motifs is 17. The van der Waals surface area contributed by atoms with E-state index in [0.717, 1.165) is 39.2 Å². The second-order valence-electron chi connectivity index (χ2n) is 15.5. The first-order chi connectivity index (χ1) is 28.1. The fraction of sp³-hybridized carbons (Fsp3) is 0.0545. The number of hydrogen-bond donors (Lipinski definition) is 2. The lowest BCUT2D eigenvalue weighted by Gasteiger charge is -2.32. The third-order valence-electron chi connectivity index (χ3n) is 12.5. The predicted molar refractivity (Wildman–Crippen MR) is 241 cm³/mol. The lowest BCUT2D eigenvalue weighted by Crippen LogP contribution is -2.26. The maximum absolute atomic E-state index is 6.89. The molecule has 8 aromatic carbocycles. The standard InChI is InChI=1S/C55H40N2/c1-2-13-35-26-24-34(32-51(35)57)25-31-50(56)44-19-6-3-14-38(44)36-27-29-39-37(33-36)28-30-47-52-45-20-7-4-15-40(45)41-16-5-8-21-46(41)54(52)55(53(39)47)48-22-11-9-17-42(48)43-18-10-12-23-49(43)55/h2-31,33H,32,56-57H2,1H3/b13-2-,34-25-,50-31-. The zero-order valence-electron chi connectivity index (χ0n) is 31.8. The third-order valence-corrected chi connectivity index (χ3v) is 12.5. The Morgan fingerprint density at radius 1 is 0.579 bits per heavy atom. The van der Waals surface area contributed by atoms with Crippen LogP contribution in [-0.2, 0) is 5.41 Å². The molecule has 11 rings (SSSR count). The molecule has 4 N–H and O–H groups in total. The van der Waals surface area contributed by atoms with E-state index in [9.17, 15) is 0 Å². The van der Waals surface area contributed by atoms with Crippen molar-refractivity contribution < 1.29 is 0 Å². The van der Waals surface area contributed by atoms with Crippen molar-refractivity contribution >= 4 is 38.0 Å². The van der Waals surface area contributed by atoms with Crippen LogP contribution in [-0.4, -0.2) is 0 Å². The van der Waals surface area contributed by atoms with Crippen molar-refractivity contribution in [3.8, 4) is 33.4 Å². The van der Waals surface area contributed by atoms with Gasteiger partial charge in [0.1, 0.15) is 0 Å². The van der Waals surface area contributed by atoms with E-state index in [1.54, 1.807) is 0 Å². The van der Waals surface area contributed by atoms with Crippen molar-refractivity contribution in [2.75, 3.05) is 0 Å². The molecule has 3 aliphatic rings. The van der Waals surface area contributed by atoms with Crippen molar-refractivity contribution in [2.45, 2.75) is 18.8 Å². The van der Waals surface area contributed by atoms with Crippen molar-refractivity contribution in [3.05, 3.63) is 233 Å². The van der Waals surface area contributed by atoms with Gasteiger partial charge in [-0.2, -0.15) is 0 Å². The quantitative estimate of drug-likeness (QED) is 0.177. The number of hydrogen-bond acceptors (Lipinski definition) is 2. The fourth-order valence-electron chi connectivity index (χ4n) is 10.2. The molecule has 0 aromatic heterocycles. The third kappa shape index (κ3) is 4.71. The van der Waals surface area contributed by atoms with Crippen LogP contribution in [0.4, 0.5) is 0 Å². The largest absolute Gasteiger partial charge is 0.401 e. The molecule has 0 fully saturated rings. The maximum Gasteiger partial charge on any atom is 0.0737 e. The van der Waals surface area contributed by atoms with E-state index in [1.807, 2.05) is 19.1 Å². The topological polar surface area (TPSA) is 52.0 Å². The second-order valence-corrected chi connectivity index (χ2v) is 15.5. The lowest BCUT2D eigenvalue weighted by molar-refractivity contribution is 0.809. The summed E-state index contributed by atoms with van der Waals surface area (Å²) in [4.78, 5) is 0. The van der Waals surface area contributed by atoms with Gasteiger partial charge in [-0.05, 0) is 118 Å². The molecule has 0 amide bonds. The van der Waals surface area contributed by atoms with Crippen LogP contribution in [0.1, 0.15) is 41.2 Å². The van der Waals surface area contributed by atoms with E-state index in [-0.39, 0.29) is 0 Å². The Morgan fingerprint density at radius 2 is 1.21 bits per heavy atom. The molecule has 0 atom stereocenters. The minimum absolute atomic E-state index is 0.499. The Hall–Kier alpha value is -7.16. The molecule has 0 saturated heterocycles. The molecule has 0 aliphatic heterocycles. The zero-order valence-corrected chi connectivity index (χ0v) is 31.8. The lowest BCUT2D eigenvalue weighted by atomic mass is 9.68. The average Bonchev–Trinajstić information content (AvgIpc) is 3.74. The molecule has 0 heterocycles. The van der Waals surface area contributed by atoms with E-state index in [4.69, 9.17) is 11.5 Å². The summed E-state index contributed by atoms with van der Waals surface area (Å²) < 4.78 is 0. The van der Waals surface area contributed by atoms with E-state index in [0.29, 0.717) is 6.42 Å². The Balaban J connectivity index is 1.14. The molecular weight excluding hydrogens is 689 g/mol. The number of rotatable bonds is 4. The molecule has 270 valence electrons. The van der Waals surface area contributed by atoms with Crippen LogP contribution < -0.4 is 11.5 Å². The highest BCUT2D eigenvalue weighted by Crippen LogP contribution is 2.66. The molecular formula is C55H40N2. The molecule has 57 heavy (non-hydrogen) atoms. The van der Waals surface area contributed by atoms with Gasteiger partial charge in [0.25, 0.3) is 0 Å². The van der Waals surface area contributed by atoms with E-state index >= 15 is 0 Å². The van der Waals surface area contributed by atoms with Crippen LogP contribution in [0.5, 0.6) is 0 Å². The molecule has 2 nitrogen and oxygen atoms in total. The number of allylic oxidation sites excluding steroid dienone is 8. The van der Waals surface area contributed by atoms with Gasteiger partial charge in [0.05, 0.1) is 5.41 Å². The van der Waals surface area contributed by atoms with E-state index < -0.39 is 5.41 Å². The monoisotopic (exact) mass is 728 g/mol. The summed E-state index contributed by atoms with van der Waals surface area (Å²) in [5.74, 6) is 0. The first-order valence-corrected chi connectivity index (χ1v) is 19.8. The first kappa shape index (κ1) is 33.2. The summed E-state index contributed by atoms with van der Waals surface area (Å²) in [7, 11) is 0. The summed E-state index contributed by atoms with van der Waals surface area (Å²) in [6.07, 6.45) is 13.1. The number of nitrogens with two attached hydrogens (primary N) is 2. The average molecular weight is 729 g/mol. The Bertz CT molecular complexity index is 3140. The highest BCUT2D eigenvalue weighted by atomic mass is 14.6. The normalized spacial score (nSPS) is 15.9. The second kappa shape index (κ2) is 12.7. The van der Waals surface area contributed by atoms with Gasteiger partial charge in [0, 0.05) is 23.4 Å². The Kier molecular flexibility index (Phi) is 7.39. The van der Waals surface area contributed by atoms with Gasteiger partial charge in [0.15, 0.2) is 0 Å². The van der Waals surface area contributed by atoms with Gasteiger partial charge >= 0.3 is 0 Å². The molecule has 8 aromatic rings. The predicted octanol–water partition coefficient (Wildman–Crippen LogP) is 13.1. The van der Waals surface area contributed by atoms with Crippen LogP contribution in [0, 0.1) is 0 Å². The first-order valence-electron chi connectivity index (χ1n) is 19.8. The molecule has 2 heteroatoms. The van der Waals surface area contributed by atoms with Gasteiger partial charge in [-0.15, -0.1) is 0 Å². The van der Waals surface area contributed by atoms with Crippen LogP contribution in [0.25, 0.3) is 71.4 Å². The highest BCUT2D eigenvalue weighted by molar-refractivity contribution is 6.21. The molecule has 0 unspecified atom stereocenters. The van der Waals surface area contributed by atoms with E-state index in [1.165, 1.54) is 76.8 Å². The fourth-order valence-corrected chi connectivity index (χ4v) is 10.2. The summed E-state index contributed by atoms with van der Waals surface area (Å²) in [5.41, 5.74) is 30.6. The SMILES string of the molecule is C/C=C\C1=C(N)C/C(=C\C=C(/N)c2ccccc2-c2ccc3c4c(ccc3c2)-c2c(c3ccccc3c3ccccc23)C42c3ccccc3-c3ccccc32)C=C1. The zero-order chi connectivity index (χ0) is 38.3. The molecule has 0 saturated carbocycles. The van der Waals surface area contributed by atoms with Crippen molar-refractivity contribution in [1.29, 1.82) is 0 Å². The van der Waals surface area contributed by atoms with Crippen LogP contribution in [0.15, 0.2) is 205 Å². The van der Waals surface area contributed by atoms with Gasteiger partial charge in [-0.3, -0.25) is 0 Å². The summed E-state index contributed by atoms with van der Waals surface area (Å²) in [6, 6.07) is 56.4. The van der Waals surface area contributed by atoms with Gasteiger partial charge < -0.3 is 11.5 Å². The smallest absolute Gasteiger partial charge is 0.0737 e. The summed E-state index contributed by atoms with van der Waals surface area (Å²) in [5, 5.41) is 7.67. The molecule has 3 aliphatic carbocycles. The van der Waals surface area contributed by atoms with Crippen LogP contribution in [0.2, 0.25) is 0 Å². The van der Waals surface area contributed by atoms with Crippen molar-refractivity contribution in [2.24, 2.45) is 11.5 Å². The Morgan fingerprint density at radius 3 is 1.93 bits per heavy atom. The minimum atomic E-state index is -0.499. The van der Waals surface area contributed by atoms with Gasteiger partial charge in [-0.1, -0.05) is 176 Å². The molecule has 1 spiro atoms. The molecule has 0 bridgehead atoms.